The van der Waals surface area contributed by atoms with Gasteiger partial charge in [-0.1, -0.05) is 0 Å². The van der Waals surface area contributed by atoms with Gasteiger partial charge in [-0.3, -0.25) is 4.79 Å². The number of tetrazole rings is 1. The molecule has 150 valence electrons. The van der Waals surface area contributed by atoms with Crippen LogP contribution in [0, 0.1) is 22.5 Å². The van der Waals surface area contributed by atoms with Gasteiger partial charge in [-0.2, -0.15) is 0 Å². The summed E-state index contributed by atoms with van der Waals surface area (Å²) in [5, 5.41) is 23.7. The summed E-state index contributed by atoms with van der Waals surface area (Å²) in [6, 6.07) is 2.03. The number of aliphatic hydroxyl groups is 1. The summed E-state index contributed by atoms with van der Waals surface area (Å²) in [7, 11) is 1.43. The number of aromatic nitrogens is 4. The zero-order valence-corrected chi connectivity index (χ0v) is 14.8. The highest BCUT2D eigenvalue weighted by Gasteiger charge is 2.83. The van der Waals surface area contributed by atoms with E-state index in [1.807, 2.05) is 0 Å². The summed E-state index contributed by atoms with van der Waals surface area (Å²) >= 11 is 0. The summed E-state index contributed by atoms with van der Waals surface area (Å²) in [4.78, 5) is 11.9. The number of benzene rings is 1. The molecule has 1 aromatic heterocycles. The molecule has 7 nitrogen and oxygen atoms in total. The second-order valence-electron chi connectivity index (χ2n) is 7.74. The van der Waals surface area contributed by atoms with E-state index in [1.54, 1.807) is 0 Å². The highest BCUT2D eigenvalue weighted by molar-refractivity contribution is 5.86. The molecular formula is C17H17F4N5O2. The van der Waals surface area contributed by atoms with Crippen LogP contribution in [0.15, 0.2) is 24.5 Å². The van der Waals surface area contributed by atoms with Crippen LogP contribution in [0.2, 0.25) is 0 Å². The van der Waals surface area contributed by atoms with Crippen LogP contribution in [0.4, 0.5) is 17.6 Å². The van der Waals surface area contributed by atoms with Crippen molar-refractivity contribution in [2.75, 3.05) is 7.05 Å². The van der Waals surface area contributed by atoms with Crippen LogP contribution in [0.25, 0.3) is 0 Å². The van der Waals surface area contributed by atoms with Crippen LogP contribution >= 0.6 is 0 Å². The number of amides is 1. The van der Waals surface area contributed by atoms with Gasteiger partial charge < -0.3 is 10.4 Å². The predicted molar refractivity (Wildman–Crippen MR) is 85.8 cm³/mol. The normalized spacial score (nSPS) is 28.1. The summed E-state index contributed by atoms with van der Waals surface area (Å²) in [6.45, 7) is -0.843. The Balaban J connectivity index is 1.75. The molecule has 0 radical (unpaired) electrons. The van der Waals surface area contributed by atoms with Gasteiger partial charge in [0.2, 0.25) is 5.91 Å². The average molecular weight is 399 g/mol. The number of carbonyl (C=O) groups is 1. The lowest BCUT2D eigenvalue weighted by atomic mass is 9.31. The molecule has 2 bridgehead atoms. The molecule has 3 saturated carbocycles. The predicted octanol–water partition coefficient (Wildman–Crippen LogP) is 1.39. The highest BCUT2D eigenvalue weighted by atomic mass is 19.3. The lowest BCUT2D eigenvalue weighted by molar-refractivity contribution is -0.359. The second-order valence-corrected chi connectivity index (χ2v) is 7.74. The van der Waals surface area contributed by atoms with Gasteiger partial charge in [0.25, 0.3) is 5.92 Å². The molecule has 1 atom stereocenters. The molecule has 0 aliphatic heterocycles. The molecule has 3 aliphatic carbocycles. The van der Waals surface area contributed by atoms with Crippen molar-refractivity contribution in [3.8, 4) is 0 Å². The molecule has 3 aliphatic rings. The molecule has 3 fully saturated rings. The van der Waals surface area contributed by atoms with Crippen molar-refractivity contribution in [2.45, 2.75) is 37.3 Å². The zero-order valence-electron chi connectivity index (χ0n) is 14.8. The lowest BCUT2D eigenvalue weighted by Crippen LogP contribution is -2.77. The Bertz CT molecular complexity index is 916. The molecule has 1 heterocycles. The van der Waals surface area contributed by atoms with Crippen molar-refractivity contribution in [1.29, 1.82) is 0 Å². The van der Waals surface area contributed by atoms with E-state index in [4.69, 9.17) is 0 Å². The monoisotopic (exact) mass is 399 g/mol. The first-order chi connectivity index (χ1) is 13.1. The van der Waals surface area contributed by atoms with Gasteiger partial charge in [-0.15, -0.1) is 5.10 Å². The van der Waals surface area contributed by atoms with E-state index in [9.17, 15) is 18.7 Å². The van der Waals surface area contributed by atoms with E-state index < -0.39 is 46.1 Å². The molecule has 0 unspecified atom stereocenters. The fourth-order valence-corrected chi connectivity index (χ4v) is 4.73. The minimum atomic E-state index is -3.83. The first kappa shape index (κ1) is 18.8. The van der Waals surface area contributed by atoms with Gasteiger partial charge in [0.15, 0.2) is 5.60 Å². The minimum Gasteiger partial charge on any atom is -0.377 e. The molecule has 2 N–H and O–H groups in total. The van der Waals surface area contributed by atoms with Gasteiger partial charge in [-0.05, 0) is 41.8 Å². The quantitative estimate of drug-likeness (QED) is 0.717. The molecule has 0 spiro atoms. The number of nitrogens with one attached hydrogen (secondary N) is 1. The largest absolute Gasteiger partial charge is 0.377 e. The van der Waals surface area contributed by atoms with Crippen LogP contribution in [0.1, 0.15) is 24.8 Å². The topological polar surface area (TPSA) is 92.9 Å². The Hall–Kier alpha value is -2.56. The van der Waals surface area contributed by atoms with E-state index in [2.05, 4.69) is 20.8 Å². The Morgan fingerprint density at radius 3 is 2.54 bits per heavy atom. The molecule has 5 rings (SSSR count). The molecule has 11 heteroatoms. The number of hydrogen-bond donors (Lipinski definition) is 2. The van der Waals surface area contributed by atoms with Crippen LogP contribution in [0.5, 0.6) is 0 Å². The van der Waals surface area contributed by atoms with Crippen molar-refractivity contribution in [2.24, 2.45) is 10.8 Å². The zero-order chi connectivity index (χ0) is 20.4. The maximum absolute atomic E-state index is 15.7. The number of hydrogen-bond acceptors (Lipinski definition) is 5. The summed E-state index contributed by atoms with van der Waals surface area (Å²) < 4.78 is 60.0. The van der Waals surface area contributed by atoms with Crippen LogP contribution in [0.3, 0.4) is 0 Å². The third-order valence-corrected chi connectivity index (χ3v) is 6.08. The number of nitrogens with zero attached hydrogens (tertiary/aromatic N) is 4. The van der Waals surface area contributed by atoms with Crippen molar-refractivity contribution in [1.82, 2.24) is 25.5 Å². The fourth-order valence-electron chi connectivity index (χ4n) is 4.73. The van der Waals surface area contributed by atoms with Gasteiger partial charge in [0.1, 0.15) is 18.0 Å². The van der Waals surface area contributed by atoms with Gasteiger partial charge in [-0.25, -0.2) is 22.2 Å². The average Bonchev–Trinajstić information content (AvgIpc) is 3.04. The van der Waals surface area contributed by atoms with Crippen LogP contribution in [-0.2, 0) is 16.9 Å². The number of alkyl halides is 2. The van der Waals surface area contributed by atoms with E-state index in [-0.39, 0.29) is 25.2 Å². The first-order valence-electron chi connectivity index (χ1n) is 8.58. The standard InChI is InChI=1S/C17H17F4N5O2/c1-22-13(27)14-5-15(6-14,7-14)17(20,21)16(28,8-26-9-23-24-25-26)11-3-2-10(18)4-12(11)19/h2-4,9,28H,5-8H2,1H3,(H,22,27)/t14?,15?,16-/m1/s1. The SMILES string of the molecule is CNC(=O)C12CC(C(F)(F)[C@@](O)(Cn3cnnn3)c3ccc(F)cc3F)(C1)C2. The van der Waals surface area contributed by atoms with E-state index >= 15 is 8.78 Å². The summed E-state index contributed by atoms with van der Waals surface area (Å²) in [6.07, 6.45) is 0.616. The van der Waals surface area contributed by atoms with Crippen LogP contribution < -0.4 is 5.32 Å². The Labute approximate surface area is 156 Å². The molecule has 1 aromatic carbocycles. The molecule has 0 saturated heterocycles. The Kier molecular flexibility index (Phi) is 3.84. The summed E-state index contributed by atoms with van der Waals surface area (Å²) in [5.41, 5.74) is -6.35. The summed E-state index contributed by atoms with van der Waals surface area (Å²) in [5.74, 6) is -6.43. The maximum Gasteiger partial charge on any atom is 0.287 e. The molecule has 2 aromatic rings. The smallest absolute Gasteiger partial charge is 0.287 e. The second kappa shape index (κ2) is 5.72. The molecule has 1 amide bonds. The van der Waals surface area contributed by atoms with Gasteiger partial charge >= 0.3 is 0 Å². The van der Waals surface area contributed by atoms with Crippen molar-refractivity contribution < 1.29 is 27.5 Å². The van der Waals surface area contributed by atoms with Crippen molar-refractivity contribution in [3.05, 3.63) is 41.7 Å². The number of carbonyl (C=O) groups excluding carboxylic acids is 1. The van der Waals surface area contributed by atoms with E-state index in [0.29, 0.717) is 6.07 Å². The number of rotatable bonds is 6. The lowest BCUT2D eigenvalue weighted by Gasteiger charge is -2.72. The highest BCUT2D eigenvalue weighted by Crippen LogP contribution is 2.80. The van der Waals surface area contributed by atoms with Gasteiger partial charge in [0, 0.05) is 24.1 Å². The Morgan fingerprint density at radius 2 is 2.00 bits per heavy atom. The van der Waals surface area contributed by atoms with E-state index in [0.717, 1.165) is 23.1 Å². The van der Waals surface area contributed by atoms with Gasteiger partial charge in [0.05, 0.1) is 12.0 Å². The maximum atomic E-state index is 15.7. The van der Waals surface area contributed by atoms with Crippen LogP contribution in [-0.4, -0.2) is 44.2 Å². The third kappa shape index (κ3) is 2.25. The molecular weight excluding hydrogens is 382 g/mol. The first-order valence-corrected chi connectivity index (χ1v) is 8.58. The Morgan fingerprint density at radius 1 is 1.32 bits per heavy atom. The molecule has 28 heavy (non-hydrogen) atoms. The number of halogens is 4. The van der Waals surface area contributed by atoms with Crippen molar-refractivity contribution in [3.63, 3.8) is 0 Å². The third-order valence-electron chi connectivity index (χ3n) is 6.08. The fraction of sp³-hybridized carbons (Fsp3) is 0.529. The van der Waals surface area contributed by atoms with E-state index in [1.165, 1.54) is 7.05 Å². The minimum absolute atomic E-state index is 0.132. The van der Waals surface area contributed by atoms with Crippen molar-refractivity contribution >= 4 is 5.91 Å².